The van der Waals surface area contributed by atoms with E-state index in [4.69, 9.17) is 0 Å². The van der Waals surface area contributed by atoms with Crippen molar-refractivity contribution in [1.29, 1.82) is 0 Å². The van der Waals surface area contributed by atoms with Gasteiger partial charge in [0.15, 0.2) is 6.29 Å². The van der Waals surface area contributed by atoms with Crippen molar-refractivity contribution in [3.63, 3.8) is 0 Å². The normalized spacial score (nSPS) is 11.5. The van der Waals surface area contributed by atoms with Gasteiger partial charge in [0.25, 0.3) is 0 Å². The van der Waals surface area contributed by atoms with Crippen molar-refractivity contribution in [2.45, 2.75) is 19.0 Å². The number of nitrogens with zero attached hydrogens (tertiary/aromatic N) is 1. The summed E-state index contributed by atoms with van der Waals surface area (Å²) in [5.41, 5.74) is 2.48. The van der Waals surface area contributed by atoms with Crippen LogP contribution in [-0.2, 0) is 12.6 Å². The smallest absolute Gasteiger partial charge is 0.385 e. The number of aryl methyl sites for hydroxylation is 1. The number of alkyl halides is 3. The number of rotatable bonds is 7. The summed E-state index contributed by atoms with van der Waals surface area (Å²) in [5, 5.41) is 3.66. The fraction of sp³-hybridized carbons (Fsp3) is 0.154. The molecule has 0 aliphatic carbocycles. The molecule has 0 spiro atoms. The topological polar surface area (TPSA) is 42.0 Å². The van der Waals surface area contributed by atoms with Gasteiger partial charge in [-0.25, -0.2) is 0 Å². The van der Waals surface area contributed by atoms with E-state index in [-0.39, 0.29) is 11.1 Å². The number of carbonyl (C=O) groups excluding carboxylic acids is 1. The maximum Gasteiger partial charge on any atom is 0.418 e. The van der Waals surface area contributed by atoms with Crippen LogP contribution in [-0.4, -0.2) is 17.8 Å². The molecule has 0 unspecified atom stereocenters. The van der Waals surface area contributed by atoms with Crippen molar-refractivity contribution in [2.75, 3.05) is 11.9 Å². The lowest BCUT2D eigenvalue weighted by Crippen LogP contribution is -2.07. The number of para-hydroxylation sites is 1. The summed E-state index contributed by atoms with van der Waals surface area (Å²) in [4.78, 5) is 15.6. The third kappa shape index (κ3) is 4.64. The van der Waals surface area contributed by atoms with Crippen LogP contribution in [0.5, 0.6) is 0 Å². The zero-order valence-electron chi connectivity index (χ0n) is 17.2. The lowest BCUT2D eigenvalue weighted by molar-refractivity contribution is -0.136. The highest BCUT2D eigenvalue weighted by Crippen LogP contribution is 2.38. The first-order valence-corrected chi connectivity index (χ1v) is 10.3. The van der Waals surface area contributed by atoms with E-state index in [2.05, 4.69) is 22.4 Å². The molecule has 32 heavy (non-hydrogen) atoms. The third-order valence-corrected chi connectivity index (χ3v) is 5.32. The highest BCUT2D eigenvalue weighted by Gasteiger charge is 2.33. The zero-order chi connectivity index (χ0) is 22.6. The number of carbonyl (C=O) groups is 1. The molecule has 4 aromatic rings. The molecule has 0 atom stereocenters. The monoisotopic (exact) mass is 434 g/mol. The van der Waals surface area contributed by atoms with Gasteiger partial charge in [0.05, 0.1) is 11.1 Å². The summed E-state index contributed by atoms with van der Waals surface area (Å²) >= 11 is 0. The van der Waals surface area contributed by atoms with Crippen LogP contribution >= 0.6 is 0 Å². The van der Waals surface area contributed by atoms with Gasteiger partial charge in [0.2, 0.25) is 0 Å². The first-order valence-electron chi connectivity index (χ1n) is 10.3. The minimum Gasteiger partial charge on any atom is -0.385 e. The summed E-state index contributed by atoms with van der Waals surface area (Å²) in [6, 6.07) is 21.5. The Balaban J connectivity index is 1.63. The molecule has 162 valence electrons. The lowest BCUT2D eigenvalue weighted by Gasteiger charge is -2.15. The number of hydrogen-bond donors (Lipinski definition) is 1. The predicted molar refractivity (Wildman–Crippen MR) is 121 cm³/mol. The van der Waals surface area contributed by atoms with Gasteiger partial charge in [0.1, 0.15) is 0 Å². The molecular weight excluding hydrogens is 413 g/mol. The number of benzene rings is 3. The van der Waals surface area contributed by atoms with E-state index >= 15 is 0 Å². The number of fused-ring (bicyclic) bond motifs is 1. The second-order valence-electron chi connectivity index (χ2n) is 7.50. The van der Waals surface area contributed by atoms with Crippen molar-refractivity contribution in [1.82, 2.24) is 4.98 Å². The Morgan fingerprint density at radius 1 is 0.938 bits per heavy atom. The minimum atomic E-state index is -4.53. The standard InChI is InChI=1S/C26H21F3N2O/c27-26(28,29)23-13-5-12-22-24(20(17-32)16-31-25(22)23)19-10-4-11-21(15-19)30-14-6-9-18-7-2-1-3-8-18/h1-5,7-8,10-13,15-17,30H,6,9,14H2. The Hall–Kier alpha value is -3.67. The van der Waals surface area contributed by atoms with Crippen LogP contribution in [0.2, 0.25) is 0 Å². The van der Waals surface area contributed by atoms with Gasteiger partial charge in [0, 0.05) is 34.9 Å². The summed E-state index contributed by atoms with van der Waals surface area (Å²) in [6.45, 7) is 0.744. The zero-order valence-corrected chi connectivity index (χ0v) is 17.2. The number of aromatic nitrogens is 1. The number of nitrogens with one attached hydrogen (secondary N) is 1. The molecule has 6 heteroatoms. The molecule has 1 N–H and O–H groups in total. The number of pyridine rings is 1. The van der Waals surface area contributed by atoms with E-state index < -0.39 is 11.7 Å². The van der Waals surface area contributed by atoms with Gasteiger partial charge < -0.3 is 5.32 Å². The molecule has 0 amide bonds. The summed E-state index contributed by atoms with van der Waals surface area (Å²) < 4.78 is 40.4. The van der Waals surface area contributed by atoms with Crippen molar-refractivity contribution >= 4 is 22.9 Å². The van der Waals surface area contributed by atoms with Gasteiger partial charge in [-0.05, 0) is 42.2 Å². The second-order valence-corrected chi connectivity index (χ2v) is 7.50. The Kier molecular flexibility index (Phi) is 6.21. The van der Waals surface area contributed by atoms with Crippen LogP contribution in [0.25, 0.3) is 22.0 Å². The van der Waals surface area contributed by atoms with Crippen LogP contribution in [0.3, 0.4) is 0 Å². The van der Waals surface area contributed by atoms with E-state index in [1.165, 1.54) is 17.8 Å². The van der Waals surface area contributed by atoms with Crippen LogP contribution in [0.1, 0.15) is 27.9 Å². The molecule has 0 bridgehead atoms. The van der Waals surface area contributed by atoms with E-state index in [0.717, 1.165) is 31.1 Å². The fourth-order valence-electron chi connectivity index (χ4n) is 3.83. The maximum absolute atomic E-state index is 13.5. The van der Waals surface area contributed by atoms with Crippen LogP contribution in [0.15, 0.2) is 79.0 Å². The van der Waals surface area contributed by atoms with Crippen LogP contribution < -0.4 is 5.32 Å². The van der Waals surface area contributed by atoms with E-state index in [1.807, 2.05) is 36.4 Å². The Morgan fingerprint density at radius 2 is 1.72 bits per heavy atom. The van der Waals surface area contributed by atoms with Crippen LogP contribution in [0, 0.1) is 0 Å². The fourth-order valence-corrected chi connectivity index (χ4v) is 3.83. The van der Waals surface area contributed by atoms with Gasteiger partial charge in [-0.3, -0.25) is 9.78 Å². The molecule has 1 heterocycles. The van der Waals surface area contributed by atoms with Crippen molar-refractivity contribution in [3.05, 3.63) is 95.7 Å². The molecule has 1 aromatic heterocycles. The van der Waals surface area contributed by atoms with E-state index in [0.29, 0.717) is 22.8 Å². The first-order chi connectivity index (χ1) is 15.5. The average Bonchev–Trinajstić information content (AvgIpc) is 2.81. The quantitative estimate of drug-likeness (QED) is 0.258. The number of aldehydes is 1. The van der Waals surface area contributed by atoms with Gasteiger partial charge in [-0.1, -0.05) is 54.6 Å². The Morgan fingerprint density at radius 3 is 2.47 bits per heavy atom. The molecule has 0 fully saturated rings. The summed E-state index contributed by atoms with van der Waals surface area (Å²) in [7, 11) is 0. The van der Waals surface area contributed by atoms with Crippen molar-refractivity contribution < 1.29 is 18.0 Å². The third-order valence-electron chi connectivity index (χ3n) is 5.32. The van der Waals surface area contributed by atoms with E-state index in [1.54, 1.807) is 12.1 Å². The maximum atomic E-state index is 13.5. The number of anilines is 1. The highest BCUT2D eigenvalue weighted by molar-refractivity contribution is 6.03. The van der Waals surface area contributed by atoms with Gasteiger partial charge in [-0.15, -0.1) is 0 Å². The predicted octanol–water partition coefficient (Wildman–Crippen LogP) is 6.78. The molecule has 4 rings (SSSR count). The molecule has 0 aliphatic heterocycles. The minimum absolute atomic E-state index is 0.165. The van der Waals surface area contributed by atoms with Crippen molar-refractivity contribution in [2.24, 2.45) is 0 Å². The molecule has 3 aromatic carbocycles. The van der Waals surface area contributed by atoms with Gasteiger partial charge in [-0.2, -0.15) is 13.2 Å². The van der Waals surface area contributed by atoms with Gasteiger partial charge >= 0.3 is 6.18 Å². The van der Waals surface area contributed by atoms with E-state index in [9.17, 15) is 18.0 Å². The molecule has 0 radical (unpaired) electrons. The molecule has 0 aliphatic rings. The lowest BCUT2D eigenvalue weighted by atomic mass is 9.95. The molecular formula is C26H21F3N2O. The largest absolute Gasteiger partial charge is 0.418 e. The molecule has 0 saturated heterocycles. The Labute approximate surface area is 183 Å². The second kappa shape index (κ2) is 9.22. The molecule has 3 nitrogen and oxygen atoms in total. The average molecular weight is 434 g/mol. The Bertz CT molecular complexity index is 1240. The van der Waals surface area contributed by atoms with Crippen LogP contribution in [0.4, 0.5) is 18.9 Å². The molecule has 0 saturated carbocycles. The summed E-state index contributed by atoms with van der Waals surface area (Å²) in [6.07, 6.45) is -0.824. The van der Waals surface area contributed by atoms with Crippen molar-refractivity contribution in [3.8, 4) is 11.1 Å². The summed E-state index contributed by atoms with van der Waals surface area (Å²) in [5.74, 6) is 0. The highest BCUT2D eigenvalue weighted by atomic mass is 19.4. The number of hydrogen-bond acceptors (Lipinski definition) is 3. The SMILES string of the molecule is O=Cc1cnc2c(C(F)(F)F)cccc2c1-c1cccc(NCCCc2ccccc2)c1. The first kappa shape index (κ1) is 21.6. The number of halogens is 3.